The maximum absolute atomic E-state index is 12.3. The third kappa shape index (κ3) is 3.73. The van der Waals surface area contributed by atoms with E-state index in [1.165, 1.54) is 21.3 Å². The molecule has 0 aromatic heterocycles. The van der Waals surface area contributed by atoms with E-state index in [1.54, 1.807) is 18.2 Å². The maximum Gasteiger partial charge on any atom is 0.321 e. The predicted octanol–water partition coefficient (Wildman–Crippen LogP) is 2.59. The van der Waals surface area contributed by atoms with E-state index in [0.717, 1.165) is 0 Å². The summed E-state index contributed by atoms with van der Waals surface area (Å²) in [4.78, 5) is 22.2. The van der Waals surface area contributed by atoms with Gasteiger partial charge >= 0.3 is 5.97 Å². The van der Waals surface area contributed by atoms with E-state index >= 15 is 0 Å². The number of esters is 1. The fourth-order valence-electron chi connectivity index (χ4n) is 1.51. The number of Topliss-reactive ketones (excluding diaryl/α,β-unsaturated/α-hetero) is 1. The monoisotopic (exact) mass is 408 g/mol. The van der Waals surface area contributed by atoms with Crippen LogP contribution in [0.2, 0.25) is 0 Å². The summed E-state index contributed by atoms with van der Waals surface area (Å²) in [6.07, 6.45) is 0. The van der Waals surface area contributed by atoms with Gasteiger partial charge in [0, 0.05) is 5.56 Å². The van der Waals surface area contributed by atoms with Gasteiger partial charge in [0.05, 0.1) is 21.3 Å². The molecule has 5 nitrogen and oxygen atoms in total. The fourth-order valence-corrected chi connectivity index (χ4v) is 2.42. The highest BCUT2D eigenvalue weighted by Gasteiger charge is 2.31. The minimum atomic E-state index is -0.770. The van der Waals surface area contributed by atoms with Gasteiger partial charge in [0.1, 0.15) is 9.65 Å². The van der Waals surface area contributed by atoms with Crippen LogP contribution in [0.5, 0.6) is 11.5 Å². The summed E-state index contributed by atoms with van der Waals surface area (Å²) >= 11 is 6.33. The number of rotatable bonds is 6. The minimum Gasteiger partial charge on any atom is -0.493 e. The van der Waals surface area contributed by atoms with Crippen LogP contribution in [-0.4, -0.2) is 42.7 Å². The zero-order valence-corrected chi connectivity index (χ0v) is 14.4. The lowest BCUT2D eigenvalue weighted by Crippen LogP contribution is -2.31. The smallest absolute Gasteiger partial charge is 0.321 e. The van der Waals surface area contributed by atoms with Gasteiger partial charge in [0.2, 0.25) is 0 Å². The van der Waals surface area contributed by atoms with Gasteiger partial charge in [0.25, 0.3) is 0 Å². The molecule has 1 aromatic carbocycles. The van der Waals surface area contributed by atoms with Crippen molar-refractivity contribution in [1.82, 2.24) is 0 Å². The SMILES string of the molecule is COC(=O)C(Br)C(Br)C(=O)c1ccc(OC)c(OC)c1. The number of benzene rings is 1. The van der Waals surface area contributed by atoms with E-state index in [2.05, 4.69) is 36.6 Å². The first-order valence-corrected chi connectivity index (χ1v) is 7.41. The summed E-state index contributed by atoms with van der Waals surface area (Å²) in [5.74, 6) is 0.180. The van der Waals surface area contributed by atoms with Crippen molar-refractivity contribution >= 4 is 43.6 Å². The fraction of sp³-hybridized carbons (Fsp3) is 0.385. The van der Waals surface area contributed by atoms with E-state index in [0.29, 0.717) is 17.1 Å². The molecule has 0 saturated carbocycles. The molecule has 2 unspecified atom stereocenters. The van der Waals surface area contributed by atoms with E-state index in [9.17, 15) is 9.59 Å². The average Bonchev–Trinajstić information content (AvgIpc) is 2.50. The Morgan fingerprint density at radius 1 is 1.00 bits per heavy atom. The number of carbonyl (C=O) groups is 2. The number of alkyl halides is 2. The van der Waals surface area contributed by atoms with Gasteiger partial charge in [-0.2, -0.15) is 0 Å². The highest BCUT2D eigenvalue weighted by atomic mass is 79.9. The van der Waals surface area contributed by atoms with Crippen molar-refractivity contribution in [3.8, 4) is 11.5 Å². The second-order valence-corrected chi connectivity index (χ2v) is 5.73. The Morgan fingerprint density at radius 2 is 1.60 bits per heavy atom. The van der Waals surface area contributed by atoms with Crippen molar-refractivity contribution in [2.24, 2.45) is 0 Å². The second kappa shape index (κ2) is 7.64. The Balaban J connectivity index is 3.00. The lowest BCUT2D eigenvalue weighted by atomic mass is 10.1. The number of hydrogen-bond acceptors (Lipinski definition) is 5. The molecule has 0 spiro atoms. The number of hydrogen-bond donors (Lipinski definition) is 0. The first-order valence-electron chi connectivity index (χ1n) is 5.58. The van der Waals surface area contributed by atoms with Gasteiger partial charge in [-0.1, -0.05) is 31.9 Å². The molecule has 1 aromatic rings. The van der Waals surface area contributed by atoms with Crippen molar-refractivity contribution in [2.45, 2.75) is 9.65 Å². The van der Waals surface area contributed by atoms with Crippen LogP contribution < -0.4 is 9.47 Å². The van der Waals surface area contributed by atoms with Gasteiger partial charge < -0.3 is 14.2 Å². The first kappa shape index (κ1) is 17.0. The normalized spacial score (nSPS) is 13.2. The molecule has 110 valence electrons. The molecule has 0 radical (unpaired) electrons. The Hall–Kier alpha value is -1.08. The summed E-state index contributed by atoms with van der Waals surface area (Å²) in [7, 11) is 4.26. The van der Waals surface area contributed by atoms with Crippen LogP contribution >= 0.6 is 31.9 Å². The van der Waals surface area contributed by atoms with Gasteiger partial charge in [-0.05, 0) is 18.2 Å². The molecule has 0 heterocycles. The number of ketones is 1. The third-order valence-electron chi connectivity index (χ3n) is 2.60. The molecule has 1 rings (SSSR count). The minimum absolute atomic E-state index is 0.266. The van der Waals surface area contributed by atoms with Gasteiger partial charge in [-0.3, -0.25) is 9.59 Å². The molecule has 0 saturated heterocycles. The van der Waals surface area contributed by atoms with Crippen molar-refractivity contribution in [3.63, 3.8) is 0 Å². The number of carbonyl (C=O) groups excluding carboxylic acids is 2. The second-order valence-electron chi connectivity index (χ2n) is 3.76. The predicted molar refractivity (Wildman–Crippen MR) is 81.3 cm³/mol. The van der Waals surface area contributed by atoms with Crippen LogP contribution in [0.25, 0.3) is 0 Å². The Kier molecular flexibility index (Phi) is 6.48. The van der Waals surface area contributed by atoms with Gasteiger partial charge in [0.15, 0.2) is 17.3 Å². The largest absolute Gasteiger partial charge is 0.493 e. The molecule has 2 atom stereocenters. The van der Waals surface area contributed by atoms with Crippen molar-refractivity contribution in [2.75, 3.05) is 21.3 Å². The summed E-state index contributed by atoms with van der Waals surface area (Å²) < 4.78 is 14.8. The number of ether oxygens (including phenoxy) is 3. The quantitative estimate of drug-likeness (QED) is 0.410. The lowest BCUT2D eigenvalue weighted by molar-refractivity contribution is -0.139. The highest BCUT2D eigenvalue weighted by molar-refractivity contribution is 9.12. The van der Waals surface area contributed by atoms with Crippen LogP contribution in [0.1, 0.15) is 10.4 Å². The van der Waals surface area contributed by atoms with Crippen LogP contribution in [0.4, 0.5) is 0 Å². The Bertz CT molecular complexity index is 504. The van der Waals surface area contributed by atoms with E-state index in [1.807, 2.05) is 0 Å². The molecule has 0 N–H and O–H groups in total. The van der Waals surface area contributed by atoms with Gasteiger partial charge in [-0.15, -0.1) is 0 Å². The summed E-state index contributed by atoms with van der Waals surface area (Å²) in [6, 6.07) is 4.80. The van der Waals surface area contributed by atoms with Gasteiger partial charge in [-0.25, -0.2) is 0 Å². The summed E-state index contributed by atoms with van der Waals surface area (Å²) in [6.45, 7) is 0. The van der Waals surface area contributed by atoms with Crippen molar-refractivity contribution in [3.05, 3.63) is 23.8 Å². The molecule has 0 aliphatic carbocycles. The summed E-state index contributed by atoms with van der Waals surface area (Å²) in [5.41, 5.74) is 0.401. The number of methoxy groups -OCH3 is 3. The van der Waals surface area contributed by atoms with Crippen LogP contribution in [-0.2, 0) is 9.53 Å². The number of halogens is 2. The zero-order chi connectivity index (χ0) is 15.3. The molecule has 0 aliphatic rings. The molecule has 0 bridgehead atoms. The first-order chi connectivity index (χ1) is 9.46. The topological polar surface area (TPSA) is 61.8 Å². The standard InChI is InChI=1S/C13H14Br2O5/c1-18-8-5-4-7(6-9(8)19-2)12(16)10(14)11(15)13(17)20-3/h4-6,10-11H,1-3H3. The molecule has 20 heavy (non-hydrogen) atoms. The third-order valence-corrected chi connectivity index (χ3v) is 5.16. The van der Waals surface area contributed by atoms with Crippen LogP contribution in [0.15, 0.2) is 18.2 Å². The van der Waals surface area contributed by atoms with Crippen LogP contribution in [0, 0.1) is 0 Å². The Labute approximate surface area is 133 Å². The molecule has 7 heteroatoms. The lowest BCUT2D eigenvalue weighted by Gasteiger charge is -2.15. The maximum atomic E-state index is 12.3. The van der Waals surface area contributed by atoms with E-state index in [-0.39, 0.29) is 5.78 Å². The summed E-state index contributed by atoms with van der Waals surface area (Å²) in [5, 5.41) is 0. The van der Waals surface area contributed by atoms with E-state index in [4.69, 9.17) is 9.47 Å². The molecule has 0 fully saturated rings. The van der Waals surface area contributed by atoms with Crippen molar-refractivity contribution in [1.29, 1.82) is 0 Å². The average molecular weight is 410 g/mol. The zero-order valence-electron chi connectivity index (χ0n) is 11.2. The van der Waals surface area contributed by atoms with Crippen LogP contribution in [0.3, 0.4) is 0 Å². The van der Waals surface area contributed by atoms with E-state index < -0.39 is 15.6 Å². The molecular formula is C13H14Br2O5. The molecule has 0 aliphatic heterocycles. The molecule has 0 amide bonds. The highest BCUT2D eigenvalue weighted by Crippen LogP contribution is 2.29. The van der Waals surface area contributed by atoms with Crippen molar-refractivity contribution < 1.29 is 23.8 Å². The molecular weight excluding hydrogens is 396 g/mol. The Morgan fingerprint density at radius 3 is 2.10 bits per heavy atom.